The third-order valence-electron chi connectivity index (χ3n) is 6.79. The van der Waals surface area contributed by atoms with Crippen LogP contribution in [0.2, 0.25) is 0 Å². The van der Waals surface area contributed by atoms with Crippen molar-refractivity contribution in [2.75, 3.05) is 13.1 Å². The van der Waals surface area contributed by atoms with Crippen LogP contribution in [0.1, 0.15) is 69.1 Å². The highest BCUT2D eigenvalue weighted by atomic mass is 16.1. The van der Waals surface area contributed by atoms with Crippen molar-refractivity contribution >= 4 is 16.8 Å². The van der Waals surface area contributed by atoms with Crippen molar-refractivity contribution in [2.45, 2.75) is 60.4 Å². The van der Waals surface area contributed by atoms with E-state index >= 15 is 0 Å². The fraction of sp³-hybridized carbons (Fsp3) is 0.355. The Balaban J connectivity index is 1.52. The van der Waals surface area contributed by atoms with Gasteiger partial charge in [0.05, 0.1) is 11.7 Å². The van der Waals surface area contributed by atoms with E-state index in [-0.39, 0.29) is 5.91 Å². The topological polar surface area (TPSA) is 111 Å². The maximum Gasteiger partial charge on any atom is 0.269 e. The third kappa shape index (κ3) is 6.89. The number of aromatic amines is 2. The van der Waals surface area contributed by atoms with Crippen LogP contribution in [-0.4, -0.2) is 44.1 Å². The summed E-state index contributed by atoms with van der Waals surface area (Å²) in [6.07, 6.45) is 12.6. The first-order valence-corrected chi connectivity index (χ1v) is 13.7. The van der Waals surface area contributed by atoms with E-state index in [1.165, 1.54) is 22.3 Å². The number of fused-ring (bicyclic) bond motifs is 1. The summed E-state index contributed by atoms with van der Waals surface area (Å²) in [6.45, 7) is 12.8. The highest BCUT2D eigenvalue weighted by molar-refractivity contribution is 5.96. The predicted octanol–water partition coefficient (Wildman–Crippen LogP) is 6.11. The molecule has 3 aromatic heterocycles. The summed E-state index contributed by atoms with van der Waals surface area (Å²) in [5.74, 6) is 0.352. The Morgan fingerprint density at radius 2 is 1.92 bits per heavy atom. The van der Waals surface area contributed by atoms with E-state index in [1.807, 2.05) is 18.5 Å². The number of hydrogen-bond donors (Lipinski definition) is 4. The third-order valence-corrected chi connectivity index (χ3v) is 6.79. The second-order valence-corrected chi connectivity index (χ2v) is 10.0. The largest absolute Gasteiger partial charge is 0.347 e. The molecule has 0 bridgehead atoms. The van der Waals surface area contributed by atoms with Crippen LogP contribution in [0.5, 0.6) is 0 Å². The first kappa shape index (κ1) is 28.0. The molecule has 0 radical (unpaired) electrons. The highest BCUT2D eigenvalue weighted by Gasteiger charge is 2.17. The number of carbonyl (C=O) groups is 1. The Morgan fingerprint density at radius 1 is 1.08 bits per heavy atom. The van der Waals surface area contributed by atoms with Crippen LogP contribution in [-0.2, 0) is 13.0 Å². The molecular weight excluding hydrogens is 486 g/mol. The molecule has 0 atom stereocenters. The van der Waals surface area contributed by atoms with Gasteiger partial charge in [-0.05, 0) is 75.4 Å². The summed E-state index contributed by atoms with van der Waals surface area (Å²) in [6, 6.07) is 6.24. The zero-order valence-corrected chi connectivity index (χ0v) is 23.6. The van der Waals surface area contributed by atoms with Gasteiger partial charge in [-0.15, -0.1) is 0 Å². The lowest BCUT2D eigenvalue weighted by atomic mass is 9.95. The summed E-state index contributed by atoms with van der Waals surface area (Å²) in [5.41, 5.74) is 9.25. The normalized spacial score (nSPS) is 11.7. The number of H-pyrrole nitrogens is 2. The molecular formula is C31H39N7O. The summed E-state index contributed by atoms with van der Waals surface area (Å²) in [4.78, 5) is 24.9. The molecule has 0 aliphatic heterocycles. The predicted molar refractivity (Wildman–Crippen MR) is 158 cm³/mol. The van der Waals surface area contributed by atoms with Gasteiger partial charge in [0, 0.05) is 36.4 Å². The van der Waals surface area contributed by atoms with E-state index < -0.39 is 0 Å². The van der Waals surface area contributed by atoms with Crippen molar-refractivity contribution in [3.63, 3.8) is 0 Å². The Bertz CT molecular complexity index is 1490. The quantitative estimate of drug-likeness (QED) is 0.167. The molecule has 4 aromatic rings. The molecule has 1 amide bonds. The van der Waals surface area contributed by atoms with Gasteiger partial charge >= 0.3 is 0 Å². The number of hydrogen-bond acceptors (Lipinski definition) is 5. The summed E-state index contributed by atoms with van der Waals surface area (Å²) in [7, 11) is 0. The zero-order valence-electron chi connectivity index (χ0n) is 23.6. The van der Waals surface area contributed by atoms with Gasteiger partial charge in [-0.25, -0.2) is 4.98 Å². The molecule has 1 aromatic carbocycles. The number of benzene rings is 1. The van der Waals surface area contributed by atoms with Crippen molar-refractivity contribution < 1.29 is 4.79 Å². The molecule has 0 fully saturated rings. The second-order valence-electron chi connectivity index (χ2n) is 10.0. The maximum atomic E-state index is 12.7. The molecule has 4 N–H and O–H groups in total. The van der Waals surface area contributed by atoms with Crippen molar-refractivity contribution in [1.82, 2.24) is 35.8 Å². The Hall–Kier alpha value is -4.04. The van der Waals surface area contributed by atoms with Crippen LogP contribution >= 0.6 is 0 Å². The van der Waals surface area contributed by atoms with E-state index in [1.54, 1.807) is 6.20 Å². The fourth-order valence-electron chi connectivity index (χ4n) is 4.63. The molecule has 0 spiro atoms. The summed E-state index contributed by atoms with van der Waals surface area (Å²) in [5, 5.41) is 14.9. The lowest BCUT2D eigenvalue weighted by molar-refractivity contribution is 0.0953. The number of rotatable bonds is 12. The average Bonchev–Trinajstić information content (AvgIpc) is 3.58. The summed E-state index contributed by atoms with van der Waals surface area (Å²) < 4.78 is 0. The van der Waals surface area contributed by atoms with Gasteiger partial charge in [0.15, 0.2) is 5.82 Å². The number of nitrogens with one attached hydrogen (secondary N) is 4. The smallest absolute Gasteiger partial charge is 0.269 e. The molecule has 0 aliphatic rings. The second kappa shape index (κ2) is 13.2. The van der Waals surface area contributed by atoms with Crippen LogP contribution in [0, 0.1) is 0 Å². The SMILES string of the molecule is CCNCc1cncc(-c2ccc3[nH]nc(-c4ncc(C(=O)NCC=C(C)CCC=C(C)C)[nH]4)c3c2)c1CC. The van der Waals surface area contributed by atoms with Gasteiger partial charge < -0.3 is 15.6 Å². The monoisotopic (exact) mass is 525 g/mol. The van der Waals surface area contributed by atoms with Crippen LogP contribution < -0.4 is 10.6 Å². The van der Waals surface area contributed by atoms with Crippen molar-refractivity contribution in [2.24, 2.45) is 0 Å². The number of allylic oxidation sites excluding steroid dienone is 3. The van der Waals surface area contributed by atoms with E-state index in [0.717, 1.165) is 54.4 Å². The Labute approximate surface area is 230 Å². The Kier molecular flexibility index (Phi) is 9.44. The van der Waals surface area contributed by atoms with Crippen LogP contribution in [0.3, 0.4) is 0 Å². The van der Waals surface area contributed by atoms with Gasteiger partial charge in [-0.1, -0.05) is 43.2 Å². The van der Waals surface area contributed by atoms with E-state index in [0.29, 0.717) is 23.8 Å². The first-order valence-electron chi connectivity index (χ1n) is 13.7. The number of amides is 1. The number of aromatic nitrogens is 5. The van der Waals surface area contributed by atoms with Gasteiger partial charge in [0.2, 0.25) is 0 Å². The average molecular weight is 526 g/mol. The lowest BCUT2D eigenvalue weighted by Gasteiger charge is -2.13. The van der Waals surface area contributed by atoms with Gasteiger partial charge in [-0.3, -0.25) is 14.9 Å². The van der Waals surface area contributed by atoms with E-state index in [2.05, 4.69) is 94.7 Å². The van der Waals surface area contributed by atoms with Crippen molar-refractivity contribution in [3.05, 3.63) is 76.9 Å². The van der Waals surface area contributed by atoms with E-state index in [4.69, 9.17) is 0 Å². The molecule has 8 nitrogen and oxygen atoms in total. The molecule has 8 heteroatoms. The molecule has 39 heavy (non-hydrogen) atoms. The minimum Gasteiger partial charge on any atom is -0.347 e. The highest BCUT2D eigenvalue weighted by Crippen LogP contribution is 2.32. The van der Waals surface area contributed by atoms with Crippen LogP contribution in [0.25, 0.3) is 33.5 Å². The van der Waals surface area contributed by atoms with Gasteiger partial charge in [0.25, 0.3) is 5.91 Å². The molecule has 0 unspecified atom stereocenters. The zero-order chi connectivity index (χ0) is 27.8. The minimum atomic E-state index is -0.196. The molecule has 204 valence electrons. The summed E-state index contributed by atoms with van der Waals surface area (Å²) >= 11 is 0. The number of nitrogens with zero attached hydrogens (tertiary/aromatic N) is 3. The molecule has 0 saturated heterocycles. The van der Waals surface area contributed by atoms with E-state index in [9.17, 15) is 4.79 Å². The van der Waals surface area contributed by atoms with Gasteiger partial charge in [0.1, 0.15) is 11.4 Å². The molecule has 3 heterocycles. The standard InChI is InChI=1S/C31H39N7O/c1-6-24-23(16-32-7-2)17-33-18-26(24)22-11-12-27-25(15-22)29(38-37-27)30-35-19-28(36-30)31(39)34-14-13-21(5)10-8-9-20(3)4/h9,11-13,15,17-19,32H,6-8,10,14,16H2,1-5H3,(H,34,39)(H,35,36)(H,37,38). The number of pyridine rings is 1. The lowest BCUT2D eigenvalue weighted by Crippen LogP contribution is -2.23. The number of carbonyl (C=O) groups excluding carboxylic acids is 1. The number of imidazole rings is 1. The fourth-order valence-corrected chi connectivity index (χ4v) is 4.63. The van der Waals surface area contributed by atoms with Gasteiger partial charge in [-0.2, -0.15) is 5.10 Å². The van der Waals surface area contributed by atoms with Crippen molar-refractivity contribution in [3.8, 4) is 22.6 Å². The molecule has 4 rings (SSSR count). The first-order chi connectivity index (χ1) is 18.9. The minimum absolute atomic E-state index is 0.196. The van der Waals surface area contributed by atoms with Crippen molar-refractivity contribution in [1.29, 1.82) is 0 Å². The maximum absolute atomic E-state index is 12.7. The van der Waals surface area contributed by atoms with Crippen LogP contribution in [0.4, 0.5) is 0 Å². The van der Waals surface area contributed by atoms with Crippen LogP contribution in [0.15, 0.2) is 60.1 Å². The molecule has 0 saturated carbocycles. The Morgan fingerprint density at radius 3 is 2.69 bits per heavy atom. The molecule has 0 aliphatic carbocycles.